The van der Waals surface area contributed by atoms with Crippen molar-refractivity contribution in [2.75, 3.05) is 39.6 Å². The quantitative estimate of drug-likeness (QED) is 0.0222. The summed E-state index contributed by atoms with van der Waals surface area (Å²) in [5, 5.41) is 10.5. The number of rotatable bonds is 61. The van der Waals surface area contributed by atoms with Crippen molar-refractivity contribution in [3.8, 4) is 0 Å². The number of phosphoric ester groups is 2. The van der Waals surface area contributed by atoms with E-state index in [2.05, 4.69) is 34.6 Å². The zero-order valence-electron chi connectivity index (χ0n) is 51.2. The minimum absolute atomic E-state index is 0.105. The van der Waals surface area contributed by atoms with E-state index in [0.717, 1.165) is 109 Å². The summed E-state index contributed by atoms with van der Waals surface area (Å²) in [4.78, 5) is 71.9. The molecule has 0 fully saturated rings. The van der Waals surface area contributed by atoms with Crippen LogP contribution in [0.5, 0.6) is 0 Å². The monoisotopic (exact) mass is 1180 g/mol. The summed E-state index contributed by atoms with van der Waals surface area (Å²) in [6.07, 6.45) is 37.7. The molecule has 0 heterocycles. The van der Waals surface area contributed by atoms with Gasteiger partial charge < -0.3 is 33.8 Å². The molecular weight excluding hydrogens is 1070 g/mol. The summed E-state index contributed by atoms with van der Waals surface area (Å²) < 4.78 is 67.7. The van der Waals surface area contributed by atoms with Gasteiger partial charge in [0.2, 0.25) is 0 Å². The predicted octanol–water partition coefficient (Wildman–Crippen LogP) is 16.6. The van der Waals surface area contributed by atoms with Crippen LogP contribution >= 0.6 is 15.6 Å². The zero-order valence-corrected chi connectivity index (χ0v) is 53.0. The van der Waals surface area contributed by atoms with Gasteiger partial charge in [0.15, 0.2) is 12.2 Å². The van der Waals surface area contributed by atoms with Gasteiger partial charge in [0.1, 0.15) is 19.3 Å². The van der Waals surface area contributed by atoms with Gasteiger partial charge in [-0.25, -0.2) is 9.13 Å². The number of aliphatic hydroxyl groups excluding tert-OH is 1. The number of aliphatic hydroxyl groups is 1. The molecule has 19 heteroatoms. The molecule has 0 aliphatic heterocycles. The van der Waals surface area contributed by atoms with Crippen molar-refractivity contribution in [1.29, 1.82) is 0 Å². The summed E-state index contributed by atoms with van der Waals surface area (Å²) in [7, 11) is -9.87. The number of esters is 4. The van der Waals surface area contributed by atoms with Crippen molar-refractivity contribution in [2.45, 2.75) is 323 Å². The first-order chi connectivity index (χ1) is 38.5. The summed E-state index contributed by atoms with van der Waals surface area (Å²) in [6.45, 7) is 7.08. The van der Waals surface area contributed by atoms with Gasteiger partial charge in [-0.05, 0) is 31.6 Å². The van der Waals surface area contributed by atoms with Crippen LogP contribution in [0.3, 0.4) is 0 Å². The van der Waals surface area contributed by atoms with E-state index in [1.165, 1.54) is 116 Å². The maximum Gasteiger partial charge on any atom is 0.472 e. The molecular formula is C61H118O17P2. The van der Waals surface area contributed by atoms with E-state index in [4.69, 9.17) is 37.0 Å². The summed E-state index contributed by atoms with van der Waals surface area (Å²) >= 11 is 0. The molecule has 0 aromatic heterocycles. The van der Waals surface area contributed by atoms with Crippen molar-refractivity contribution < 1.29 is 80.2 Å². The Morgan fingerprint density at radius 3 is 0.850 bits per heavy atom. The van der Waals surface area contributed by atoms with Crippen LogP contribution in [0.1, 0.15) is 304 Å². The standard InChI is InChI=1S/C61H118O17P2/c1-6-9-12-15-18-20-21-22-23-25-32-37-42-47-61(66)78-57(51-72-59(64)45-40-35-30-27-26-29-33-38-43-54(4)5)53-76-80(69,70)74-49-55(62)48-73-79(67,68)75-52-56(50-71-58(63)44-39-34-28-17-14-11-8-3)77-60(65)46-41-36-31-24-19-16-13-10-7-2/h54-57,62H,6-53H2,1-5H3,(H,67,68)(H,69,70)/t55-,56+,57+/m0/s1. The molecule has 0 radical (unpaired) electrons. The van der Waals surface area contributed by atoms with E-state index in [1.54, 1.807) is 0 Å². The first-order valence-electron chi connectivity index (χ1n) is 32.1. The lowest BCUT2D eigenvalue weighted by Crippen LogP contribution is -2.30. The Hall–Kier alpha value is -1.94. The molecule has 0 rings (SSSR count). The predicted molar refractivity (Wildman–Crippen MR) is 317 cm³/mol. The fourth-order valence-electron chi connectivity index (χ4n) is 9.05. The van der Waals surface area contributed by atoms with E-state index >= 15 is 0 Å². The Balaban J connectivity index is 5.21. The first-order valence-corrected chi connectivity index (χ1v) is 35.1. The lowest BCUT2D eigenvalue weighted by Gasteiger charge is -2.21. The number of carbonyl (C=O) groups is 4. The van der Waals surface area contributed by atoms with Gasteiger partial charge in [-0.2, -0.15) is 0 Å². The maximum absolute atomic E-state index is 12.9. The Morgan fingerprint density at radius 2 is 0.575 bits per heavy atom. The van der Waals surface area contributed by atoms with Crippen LogP contribution in [0, 0.1) is 5.92 Å². The van der Waals surface area contributed by atoms with Gasteiger partial charge in [0, 0.05) is 25.7 Å². The maximum atomic E-state index is 12.9. The van der Waals surface area contributed by atoms with Crippen LogP contribution in [-0.4, -0.2) is 96.7 Å². The highest BCUT2D eigenvalue weighted by Crippen LogP contribution is 2.45. The van der Waals surface area contributed by atoms with Gasteiger partial charge in [-0.1, -0.05) is 253 Å². The molecule has 0 bridgehead atoms. The van der Waals surface area contributed by atoms with Crippen LogP contribution < -0.4 is 0 Å². The van der Waals surface area contributed by atoms with Crippen molar-refractivity contribution in [3.05, 3.63) is 0 Å². The molecule has 0 amide bonds. The Labute approximate surface area is 486 Å². The second kappa shape index (κ2) is 55.0. The minimum Gasteiger partial charge on any atom is -0.462 e. The summed E-state index contributed by atoms with van der Waals surface area (Å²) in [5.74, 6) is -1.41. The molecule has 0 aliphatic rings. The molecule has 2 unspecified atom stereocenters. The molecule has 474 valence electrons. The number of carbonyl (C=O) groups excluding carboxylic acids is 4. The lowest BCUT2D eigenvalue weighted by molar-refractivity contribution is -0.161. The van der Waals surface area contributed by atoms with E-state index < -0.39 is 97.5 Å². The van der Waals surface area contributed by atoms with Crippen molar-refractivity contribution in [3.63, 3.8) is 0 Å². The number of unbranched alkanes of at least 4 members (excludes halogenated alkanes) is 33. The number of hydrogen-bond acceptors (Lipinski definition) is 15. The molecule has 3 N–H and O–H groups in total. The molecule has 80 heavy (non-hydrogen) atoms. The number of ether oxygens (including phenoxy) is 4. The first kappa shape index (κ1) is 78.1. The topological polar surface area (TPSA) is 237 Å². The fourth-order valence-corrected chi connectivity index (χ4v) is 10.6. The molecule has 0 spiro atoms. The highest BCUT2D eigenvalue weighted by molar-refractivity contribution is 7.47. The molecule has 0 saturated carbocycles. The molecule has 0 aromatic carbocycles. The van der Waals surface area contributed by atoms with E-state index in [9.17, 15) is 43.2 Å². The van der Waals surface area contributed by atoms with Crippen LogP contribution in [0.15, 0.2) is 0 Å². The Morgan fingerprint density at radius 1 is 0.338 bits per heavy atom. The fraction of sp³-hybridized carbons (Fsp3) is 0.934. The smallest absolute Gasteiger partial charge is 0.462 e. The van der Waals surface area contributed by atoms with Gasteiger partial charge in [0.25, 0.3) is 0 Å². The van der Waals surface area contributed by atoms with Gasteiger partial charge in [0.05, 0.1) is 26.4 Å². The van der Waals surface area contributed by atoms with Crippen LogP contribution in [0.25, 0.3) is 0 Å². The van der Waals surface area contributed by atoms with Crippen molar-refractivity contribution >= 4 is 39.5 Å². The largest absolute Gasteiger partial charge is 0.472 e. The SMILES string of the molecule is CCCCCCCCCCCCCCCC(=O)O[C@H](COC(=O)CCCCCCCCCCC(C)C)COP(=O)(O)OC[C@@H](O)COP(=O)(O)OC[C@@H](COC(=O)CCCCCCCCC)OC(=O)CCCCCCCCCCC. The summed E-state index contributed by atoms with van der Waals surface area (Å²) in [6, 6.07) is 0. The third-order valence-corrected chi connectivity index (χ3v) is 15.9. The average molecular weight is 1190 g/mol. The zero-order chi connectivity index (χ0) is 59.2. The van der Waals surface area contributed by atoms with Gasteiger partial charge >= 0.3 is 39.5 Å². The van der Waals surface area contributed by atoms with E-state index in [-0.39, 0.29) is 25.7 Å². The van der Waals surface area contributed by atoms with Crippen molar-refractivity contribution in [2.24, 2.45) is 5.92 Å². The molecule has 0 saturated heterocycles. The van der Waals surface area contributed by atoms with E-state index in [1.807, 2.05) is 0 Å². The molecule has 5 atom stereocenters. The second-order valence-corrected chi connectivity index (χ2v) is 25.5. The van der Waals surface area contributed by atoms with Crippen LogP contribution in [-0.2, 0) is 65.4 Å². The van der Waals surface area contributed by atoms with E-state index in [0.29, 0.717) is 25.7 Å². The third-order valence-electron chi connectivity index (χ3n) is 14.0. The highest BCUT2D eigenvalue weighted by Gasteiger charge is 2.30. The van der Waals surface area contributed by atoms with Crippen LogP contribution in [0.2, 0.25) is 0 Å². The van der Waals surface area contributed by atoms with Crippen LogP contribution in [0.4, 0.5) is 0 Å². The number of phosphoric acid groups is 2. The normalized spacial score (nSPS) is 14.3. The second-order valence-electron chi connectivity index (χ2n) is 22.6. The Bertz CT molecular complexity index is 1570. The molecule has 17 nitrogen and oxygen atoms in total. The molecule has 0 aromatic rings. The lowest BCUT2D eigenvalue weighted by atomic mass is 10.0. The van der Waals surface area contributed by atoms with Gasteiger partial charge in [-0.3, -0.25) is 37.3 Å². The molecule has 0 aliphatic carbocycles. The van der Waals surface area contributed by atoms with Gasteiger partial charge in [-0.15, -0.1) is 0 Å². The van der Waals surface area contributed by atoms with Crippen molar-refractivity contribution in [1.82, 2.24) is 0 Å². The third kappa shape index (κ3) is 55.3. The summed E-state index contributed by atoms with van der Waals surface area (Å²) in [5.41, 5.74) is 0. The number of hydrogen-bond donors (Lipinski definition) is 3. The minimum atomic E-state index is -4.94. The Kier molecular flexibility index (Phi) is 53.6. The highest BCUT2D eigenvalue weighted by atomic mass is 31.2. The average Bonchev–Trinajstić information content (AvgIpc) is 3.42.